The number of hydrogen-bond donors (Lipinski definition) is 1. The summed E-state index contributed by atoms with van der Waals surface area (Å²) in [4.78, 5) is 2.43. The Labute approximate surface area is 117 Å². The summed E-state index contributed by atoms with van der Waals surface area (Å²) < 4.78 is 0. The van der Waals surface area contributed by atoms with Crippen LogP contribution in [0.4, 0.5) is 0 Å². The van der Waals surface area contributed by atoms with Crippen molar-refractivity contribution in [1.29, 1.82) is 0 Å². The van der Waals surface area contributed by atoms with Gasteiger partial charge in [-0.2, -0.15) is 0 Å². The summed E-state index contributed by atoms with van der Waals surface area (Å²) in [5.41, 5.74) is 4.64. The number of aryl methyl sites for hydroxylation is 2. The number of piperidine rings is 1. The molecule has 0 radical (unpaired) electrons. The Balaban J connectivity index is 1.62. The van der Waals surface area contributed by atoms with Crippen molar-refractivity contribution in [2.45, 2.75) is 51.1 Å². The molecule has 0 bridgehead atoms. The third-order valence-corrected chi connectivity index (χ3v) is 4.83. The first-order chi connectivity index (χ1) is 9.22. The summed E-state index contributed by atoms with van der Waals surface area (Å²) in [6, 6.07) is 8.30. The van der Waals surface area contributed by atoms with E-state index in [2.05, 4.69) is 42.4 Å². The molecule has 0 amide bonds. The first-order valence-electron chi connectivity index (χ1n) is 7.78. The molecule has 1 unspecified atom stereocenters. The number of likely N-dealkylation sites (tertiary alicyclic amines) is 1. The first-order valence-corrected chi connectivity index (χ1v) is 7.78. The Morgan fingerprint density at radius 3 is 2.68 bits per heavy atom. The molecule has 0 aromatic heterocycles. The topological polar surface area (TPSA) is 15.3 Å². The minimum absolute atomic E-state index is 0.485. The number of nitrogens with one attached hydrogen (secondary N) is 1. The van der Waals surface area contributed by atoms with E-state index in [0.717, 1.165) is 0 Å². The Morgan fingerprint density at radius 2 is 1.89 bits per heavy atom. The Morgan fingerprint density at radius 1 is 1.16 bits per heavy atom. The van der Waals surface area contributed by atoms with E-state index in [-0.39, 0.29) is 0 Å². The molecule has 1 fully saturated rings. The van der Waals surface area contributed by atoms with E-state index in [1.54, 1.807) is 11.1 Å². The van der Waals surface area contributed by atoms with Crippen molar-refractivity contribution in [2.24, 2.45) is 0 Å². The van der Waals surface area contributed by atoms with Crippen LogP contribution in [0.2, 0.25) is 0 Å². The van der Waals surface area contributed by atoms with Gasteiger partial charge in [-0.25, -0.2) is 0 Å². The second-order valence-corrected chi connectivity index (χ2v) is 6.35. The van der Waals surface area contributed by atoms with Crippen LogP contribution in [-0.2, 0) is 12.8 Å². The highest BCUT2D eigenvalue weighted by atomic mass is 15.1. The van der Waals surface area contributed by atoms with Gasteiger partial charge in [0.2, 0.25) is 0 Å². The molecule has 2 heteroatoms. The van der Waals surface area contributed by atoms with Gasteiger partial charge in [0.25, 0.3) is 0 Å². The van der Waals surface area contributed by atoms with Gasteiger partial charge in [-0.1, -0.05) is 18.2 Å². The van der Waals surface area contributed by atoms with Crippen LogP contribution in [-0.4, -0.2) is 31.1 Å². The molecule has 1 heterocycles. The minimum Gasteiger partial charge on any atom is -0.307 e. The quantitative estimate of drug-likeness (QED) is 0.897. The van der Waals surface area contributed by atoms with Crippen molar-refractivity contribution in [2.75, 3.05) is 20.1 Å². The van der Waals surface area contributed by atoms with Crippen LogP contribution >= 0.6 is 0 Å². The van der Waals surface area contributed by atoms with Crippen molar-refractivity contribution >= 4 is 0 Å². The maximum absolute atomic E-state index is 3.82. The number of benzene rings is 1. The highest BCUT2D eigenvalue weighted by Crippen LogP contribution is 2.26. The predicted octanol–water partition coefficient (Wildman–Crippen LogP) is 2.92. The fourth-order valence-electron chi connectivity index (χ4n) is 3.49. The molecule has 1 atom stereocenters. The van der Waals surface area contributed by atoms with Crippen LogP contribution in [0.15, 0.2) is 18.2 Å². The van der Waals surface area contributed by atoms with Gasteiger partial charge in [0, 0.05) is 12.1 Å². The molecule has 1 aromatic carbocycles. The lowest BCUT2D eigenvalue weighted by Gasteiger charge is -2.31. The van der Waals surface area contributed by atoms with E-state index >= 15 is 0 Å². The lowest BCUT2D eigenvalue weighted by Crippen LogP contribution is -2.41. The summed E-state index contributed by atoms with van der Waals surface area (Å²) in [6.45, 7) is 4.78. The lowest BCUT2D eigenvalue weighted by molar-refractivity contribution is 0.226. The third-order valence-electron chi connectivity index (χ3n) is 4.83. The van der Waals surface area contributed by atoms with E-state index in [9.17, 15) is 0 Å². The van der Waals surface area contributed by atoms with Crippen LogP contribution in [0, 0.1) is 0 Å². The Kier molecular flexibility index (Phi) is 3.90. The summed E-state index contributed by atoms with van der Waals surface area (Å²) in [7, 11) is 2.22. The van der Waals surface area contributed by atoms with E-state index in [0.29, 0.717) is 12.1 Å². The second-order valence-electron chi connectivity index (χ2n) is 6.35. The van der Waals surface area contributed by atoms with Gasteiger partial charge >= 0.3 is 0 Å². The molecule has 19 heavy (non-hydrogen) atoms. The zero-order valence-electron chi connectivity index (χ0n) is 12.3. The molecule has 104 valence electrons. The first kappa shape index (κ1) is 13.1. The van der Waals surface area contributed by atoms with E-state index in [1.807, 2.05) is 0 Å². The number of nitrogens with zero attached hydrogens (tertiary/aromatic N) is 1. The second kappa shape index (κ2) is 5.64. The molecule has 0 spiro atoms. The predicted molar refractivity (Wildman–Crippen MR) is 80.5 cm³/mol. The van der Waals surface area contributed by atoms with Crippen LogP contribution in [0.5, 0.6) is 0 Å². The minimum atomic E-state index is 0.485. The van der Waals surface area contributed by atoms with Gasteiger partial charge < -0.3 is 10.2 Å². The zero-order chi connectivity index (χ0) is 13.2. The van der Waals surface area contributed by atoms with E-state index < -0.39 is 0 Å². The maximum atomic E-state index is 3.82. The van der Waals surface area contributed by atoms with Crippen molar-refractivity contribution < 1.29 is 0 Å². The van der Waals surface area contributed by atoms with Crippen LogP contribution in [0.1, 0.15) is 48.9 Å². The van der Waals surface area contributed by atoms with Crippen molar-refractivity contribution in [3.63, 3.8) is 0 Å². The summed E-state index contributed by atoms with van der Waals surface area (Å²) >= 11 is 0. The molecular weight excluding hydrogens is 232 g/mol. The molecule has 1 saturated heterocycles. The monoisotopic (exact) mass is 258 g/mol. The molecule has 2 aliphatic rings. The fraction of sp³-hybridized carbons (Fsp3) is 0.647. The van der Waals surface area contributed by atoms with Gasteiger partial charge in [0.05, 0.1) is 0 Å². The van der Waals surface area contributed by atoms with Crippen LogP contribution in [0.3, 0.4) is 0 Å². The number of hydrogen-bond acceptors (Lipinski definition) is 2. The molecule has 0 saturated carbocycles. The number of fused-ring (bicyclic) bond motifs is 1. The summed E-state index contributed by atoms with van der Waals surface area (Å²) in [5.74, 6) is 0. The average molecular weight is 258 g/mol. The van der Waals surface area contributed by atoms with Crippen molar-refractivity contribution in [1.82, 2.24) is 10.2 Å². The largest absolute Gasteiger partial charge is 0.307 e. The van der Waals surface area contributed by atoms with Gasteiger partial charge in [-0.15, -0.1) is 0 Å². The van der Waals surface area contributed by atoms with Gasteiger partial charge in [-0.3, -0.25) is 0 Å². The fourth-order valence-corrected chi connectivity index (χ4v) is 3.49. The van der Waals surface area contributed by atoms with Gasteiger partial charge in [-0.05, 0) is 75.9 Å². The average Bonchev–Trinajstić information content (AvgIpc) is 2.88. The molecule has 1 aromatic rings. The lowest BCUT2D eigenvalue weighted by atomic mass is 9.99. The van der Waals surface area contributed by atoms with Crippen LogP contribution in [0.25, 0.3) is 0 Å². The smallest absolute Gasteiger partial charge is 0.0294 e. The standard InChI is InChI=1S/C17H26N2/c1-13(18-17-8-10-19(2)11-9-17)15-7-6-14-4-3-5-16(14)12-15/h6-7,12-13,17-18H,3-5,8-11H2,1-2H3. The SMILES string of the molecule is CC(NC1CCN(C)CC1)c1ccc2c(c1)CCC2. The molecular formula is C17H26N2. The molecule has 1 aliphatic carbocycles. The zero-order valence-corrected chi connectivity index (χ0v) is 12.3. The van der Waals surface area contributed by atoms with E-state index in [1.165, 1.54) is 50.8 Å². The summed E-state index contributed by atoms with van der Waals surface area (Å²) in [6.07, 6.45) is 6.48. The molecule has 3 rings (SSSR count). The van der Waals surface area contributed by atoms with Crippen molar-refractivity contribution in [3.8, 4) is 0 Å². The molecule has 2 nitrogen and oxygen atoms in total. The maximum Gasteiger partial charge on any atom is 0.0294 e. The number of rotatable bonds is 3. The van der Waals surface area contributed by atoms with Gasteiger partial charge in [0.1, 0.15) is 0 Å². The highest BCUT2D eigenvalue weighted by Gasteiger charge is 2.19. The van der Waals surface area contributed by atoms with Gasteiger partial charge in [0.15, 0.2) is 0 Å². The Hall–Kier alpha value is -0.860. The highest BCUT2D eigenvalue weighted by molar-refractivity contribution is 5.36. The normalized spacial score (nSPS) is 22.4. The molecule has 1 N–H and O–H groups in total. The Bertz CT molecular complexity index is 433. The van der Waals surface area contributed by atoms with Crippen molar-refractivity contribution in [3.05, 3.63) is 34.9 Å². The van der Waals surface area contributed by atoms with E-state index in [4.69, 9.17) is 0 Å². The summed E-state index contributed by atoms with van der Waals surface area (Å²) in [5, 5.41) is 3.82. The molecule has 1 aliphatic heterocycles. The van der Waals surface area contributed by atoms with Crippen LogP contribution < -0.4 is 5.32 Å². The third kappa shape index (κ3) is 3.01.